The number of aliphatic hydroxyl groups excluding tert-OH is 1. The fourth-order valence-electron chi connectivity index (χ4n) is 7.23. The molecule has 4 saturated carbocycles. The minimum atomic E-state index is 0. The van der Waals surface area contributed by atoms with Crippen molar-refractivity contribution in [1.82, 2.24) is 0 Å². The average molecular weight is 323 g/mol. The molecule has 0 aromatic heterocycles. The van der Waals surface area contributed by atoms with E-state index in [1.807, 2.05) is 0 Å². The zero-order chi connectivity index (χ0) is 16.7. The van der Waals surface area contributed by atoms with Gasteiger partial charge in [0.25, 0.3) is 0 Å². The molecular weight excluding hydrogens is 284 g/mol. The number of carbonyl (C=O) groups is 1. The average Bonchev–Trinajstić information content (AvgIpc) is 2.90. The fraction of sp³-hybridized carbons (Fsp3) is 0.952. The highest BCUT2D eigenvalue weighted by Gasteiger charge is 2.57. The normalized spacial score (nSPS) is 51.6. The standard InChI is InChI=1S/C19H32O.C2H4O.H2/c1-18-9-3-4-16(18)15-6-5-13-12-14(20)7-11-19(13,2)17(15)8-10-18;1-2-3;/h13-17,20H,3-12H2,1-2H3;2H,1H3;1H/t13?,14-,15?,16?,17?,18-,19-;;/m0../s1. The molecular formula is C21H38O2. The van der Waals surface area contributed by atoms with Gasteiger partial charge >= 0.3 is 0 Å². The summed E-state index contributed by atoms with van der Waals surface area (Å²) in [6.07, 6.45) is 14.6. The van der Waals surface area contributed by atoms with E-state index in [1.54, 1.807) is 0 Å². The summed E-state index contributed by atoms with van der Waals surface area (Å²) in [6.45, 7) is 6.64. The van der Waals surface area contributed by atoms with Crippen LogP contribution in [0.4, 0.5) is 0 Å². The van der Waals surface area contributed by atoms with Gasteiger partial charge in [0.05, 0.1) is 6.10 Å². The Bertz CT molecular complexity index is 440. The first kappa shape index (κ1) is 17.5. The van der Waals surface area contributed by atoms with Crippen LogP contribution >= 0.6 is 0 Å². The lowest BCUT2D eigenvalue weighted by atomic mass is 9.45. The molecule has 0 aromatic rings. The van der Waals surface area contributed by atoms with Crippen LogP contribution in [0.15, 0.2) is 0 Å². The van der Waals surface area contributed by atoms with Gasteiger partial charge in [0.15, 0.2) is 0 Å². The summed E-state index contributed by atoms with van der Waals surface area (Å²) in [7, 11) is 0. The van der Waals surface area contributed by atoms with Crippen molar-refractivity contribution in [1.29, 1.82) is 0 Å². The van der Waals surface area contributed by atoms with E-state index >= 15 is 0 Å². The lowest BCUT2D eigenvalue weighted by Gasteiger charge is -2.60. The molecule has 134 valence electrons. The molecule has 2 nitrogen and oxygen atoms in total. The maximum absolute atomic E-state index is 10.0. The van der Waals surface area contributed by atoms with E-state index in [2.05, 4.69) is 13.8 Å². The predicted octanol–water partition coefficient (Wildman–Crippen LogP) is 5.23. The molecule has 23 heavy (non-hydrogen) atoms. The fourth-order valence-corrected chi connectivity index (χ4v) is 7.23. The number of fused-ring (bicyclic) bond motifs is 5. The van der Waals surface area contributed by atoms with Crippen LogP contribution in [0.5, 0.6) is 0 Å². The monoisotopic (exact) mass is 322 g/mol. The maximum Gasteiger partial charge on any atom is 0.116 e. The summed E-state index contributed by atoms with van der Waals surface area (Å²) in [4.78, 5) is 8.81. The molecule has 0 amide bonds. The van der Waals surface area contributed by atoms with Gasteiger partial charge in [0.2, 0.25) is 0 Å². The largest absolute Gasteiger partial charge is 0.393 e. The Hall–Kier alpha value is -0.370. The van der Waals surface area contributed by atoms with Crippen LogP contribution in [0.1, 0.15) is 86.4 Å². The topological polar surface area (TPSA) is 37.3 Å². The number of rotatable bonds is 0. The first-order valence-electron chi connectivity index (χ1n) is 10.0. The second kappa shape index (κ2) is 6.50. The molecule has 2 heteroatoms. The van der Waals surface area contributed by atoms with Crippen molar-refractivity contribution in [2.24, 2.45) is 34.5 Å². The number of carbonyl (C=O) groups excluding carboxylic acids is 1. The highest BCUT2D eigenvalue weighted by Crippen LogP contribution is 2.66. The van der Waals surface area contributed by atoms with Crippen molar-refractivity contribution in [3.63, 3.8) is 0 Å². The summed E-state index contributed by atoms with van der Waals surface area (Å²) in [5.74, 6) is 3.85. The number of aldehydes is 1. The number of aliphatic hydroxyl groups is 1. The Kier molecular flexibility index (Phi) is 4.93. The molecule has 0 bridgehead atoms. The van der Waals surface area contributed by atoms with E-state index in [0.717, 1.165) is 42.8 Å². The van der Waals surface area contributed by atoms with Gasteiger partial charge in [-0.2, -0.15) is 0 Å². The van der Waals surface area contributed by atoms with E-state index in [1.165, 1.54) is 58.3 Å². The SMILES string of the molecule is CC=O.C[C@@]12CCCC1C1CCC3C[C@@H](O)CC[C@]3(C)C1CC2.[HH]. The minimum absolute atomic E-state index is 0. The zero-order valence-electron chi connectivity index (χ0n) is 15.4. The van der Waals surface area contributed by atoms with Crippen LogP contribution in [0.2, 0.25) is 0 Å². The summed E-state index contributed by atoms with van der Waals surface area (Å²) in [6, 6.07) is 0. The Morgan fingerprint density at radius 1 is 1.00 bits per heavy atom. The molecule has 7 atom stereocenters. The van der Waals surface area contributed by atoms with Gasteiger partial charge < -0.3 is 9.90 Å². The van der Waals surface area contributed by atoms with Crippen LogP contribution in [-0.2, 0) is 4.79 Å². The van der Waals surface area contributed by atoms with Gasteiger partial charge in [0, 0.05) is 1.43 Å². The summed E-state index contributed by atoms with van der Waals surface area (Å²) in [5, 5.41) is 10.0. The molecule has 4 rings (SSSR count). The molecule has 0 spiro atoms. The third-order valence-electron chi connectivity index (χ3n) is 8.42. The van der Waals surface area contributed by atoms with Gasteiger partial charge in [-0.05, 0) is 99.2 Å². The first-order chi connectivity index (χ1) is 10.9. The van der Waals surface area contributed by atoms with Gasteiger partial charge in [-0.1, -0.05) is 20.3 Å². The summed E-state index contributed by atoms with van der Waals surface area (Å²) >= 11 is 0. The number of hydrogen-bond acceptors (Lipinski definition) is 2. The van der Waals surface area contributed by atoms with Gasteiger partial charge in [-0.25, -0.2) is 0 Å². The lowest BCUT2D eigenvalue weighted by molar-refractivity contribution is -0.120. The molecule has 0 heterocycles. The van der Waals surface area contributed by atoms with Crippen LogP contribution in [-0.4, -0.2) is 17.5 Å². The highest BCUT2D eigenvalue weighted by atomic mass is 16.3. The second-order valence-corrected chi connectivity index (χ2v) is 9.41. The summed E-state index contributed by atoms with van der Waals surface area (Å²) < 4.78 is 0. The van der Waals surface area contributed by atoms with Gasteiger partial charge in [-0.3, -0.25) is 0 Å². The van der Waals surface area contributed by atoms with E-state index in [0.29, 0.717) is 10.8 Å². The minimum Gasteiger partial charge on any atom is -0.393 e. The molecule has 4 unspecified atom stereocenters. The predicted molar refractivity (Wildman–Crippen MR) is 96.2 cm³/mol. The second-order valence-electron chi connectivity index (χ2n) is 9.41. The smallest absolute Gasteiger partial charge is 0.116 e. The molecule has 1 N–H and O–H groups in total. The zero-order valence-corrected chi connectivity index (χ0v) is 15.4. The molecule has 4 aliphatic rings. The van der Waals surface area contributed by atoms with Crippen molar-refractivity contribution in [3.8, 4) is 0 Å². The van der Waals surface area contributed by atoms with Crippen molar-refractivity contribution >= 4 is 6.29 Å². The highest BCUT2D eigenvalue weighted by molar-refractivity contribution is 5.44. The van der Waals surface area contributed by atoms with E-state index < -0.39 is 0 Å². The Labute approximate surface area is 143 Å². The molecule has 0 aliphatic heterocycles. The molecule has 0 saturated heterocycles. The van der Waals surface area contributed by atoms with Crippen molar-refractivity contribution in [2.75, 3.05) is 0 Å². The Balaban J connectivity index is 0.000000487. The van der Waals surface area contributed by atoms with E-state index in [9.17, 15) is 5.11 Å². The van der Waals surface area contributed by atoms with Crippen molar-refractivity contribution < 1.29 is 11.3 Å². The van der Waals surface area contributed by atoms with Crippen LogP contribution in [0.3, 0.4) is 0 Å². The van der Waals surface area contributed by atoms with Crippen molar-refractivity contribution in [2.45, 2.75) is 91.1 Å². The molecule has 0 aromatic carbocycles. The molecule has 0 radical (unpaired) electrons. The number of hydrogen-bond donors (Lipinski definition) is 1. The van der Waals surface area contributed by atoms with Crippen molar-refractivity contribution in [3.05, 3.63) is 0 Å². The lowest BCUT2D eigenvalue weighted by Crippen LogP contribution is -2.53. The third-order valence-corrected chi connectivity index (χ3v) is 8.42. The maximum atomic E-state index is 10.0. The van der Waals surface area contributed by atoms with Gasteiger partial charge in [0.1, 0.15) is 6.29 Å². The molecule has 4 fully saturated rings. The Morgan fingerprint density at radius 2 is 1.74 bits per heavy atom. The van der Waals surface area contributed by atoms with Crippen LogP contribution < -0.4 is 0 Å². The van der Waals surface area contributed by atoms with E-state index in [4.69, 9.17) is 4.79 Å². The van der Waals surface area contributed by atoms with E-state index in [-0.39, 0.29) is 7.53 Å². The first-order valence-corrected chi connectivity index (χ1v) is 10.0. The third kappa shape index (κ3) is 2.90. The van der Waals surface area contributed by atoms with Crippen LogP contribution in [0.25, 0.3) is 0 Å². The van der Waals surface area contributed by atoms with Gasteiger partial charge in [-0.15, -0.1) is 0 Å². The summed E-state index contributed by atoms with van der Waals surface area (Å²) in [5.41, 5.74) is 1.25. The van der Waals surface area contributed by atoms with Crippen LogP contribution in [0, 0.1) is 34.5 Å². The Morgan fingerprint density at radius 3 is 2.48 bits per heavy atom. The quantitative estimate of drug-likeness (QED) is 0.620. The molecule has 4 aliphatic carbocycles.